The van der Waals surface area contributed by atoms with Crippen molar-refractivity contribution in [1.29, 1.82) is 5.26 Å². The average molecular weight is 285 g/mol. The first-order chi connectivity index (χ1) is 9.09. The van der Waals surface area contributed by atoms with Gasteiger partial charge in [-0.2, -0.15) is 9.57 Å². The number of nitriles is 1. The van der Waals surface area contributed by atoms with Crippen molar-refractivity contribution >= 4 is 10.0 Å². The maximum atomic E-state index is 12.5. The average Bonchev–Trinajstić information content (AvgIpc) is 3.22. The van der Waals surface area contributed by atoms with Gasteiger partial charge in [0.15, 0.2) is 5.25 Å². The van der Waals surface area contributed by atoms with Crippen LogP contribution in [0.25, 0.3) is 0 Å². The van der Waals surface area contributed by atoms with Crippen molar-refractivity contribution in [1.82, 2.24) is 9.62 Å². The summed E-state index contributed by atoms with van der Waals surface area (Å²) < 4.78 is 26.7. The Morgan fingerprint density at radius 3 is 2.42 bits per heavy atom. The summed E-state index contributed by atoms with van der Waals surface area (Å²) in [5, 5.41) is 11.5. The van der Waals surface area contributed by atoms with E-state index in [-0.39, 0.29) is 6.04 Å². The maximum absolute atomic E-state index is 12.5. The van der Waals surface area contributed by atoms with Crippen LogP contribution in [0, 0.1) is 17.2 Å². The Morgan fingerprint density at radius 1 is 1.32 bits per heavy atom. The molecule has 1 N–H and O–H groups in total. The predicted molar refractivity (Wildman–Crippen MR) is 73.9 cm³/mol. The summed E-state index contributed by atoms with van der Waals surface area (Å²) in [4.78, 5) is 0. The van der Waals surface area contributed by atoms with Crippen molar-refractivity contribution in [3.05, 3.63) is 0 Å². The first-order valence-corrected chi connectivity index (χ1v) is 8.71. The van der Waals surface area contributed by atoms with Crippen LogP contribution in [0.15, 0.2) is 0 Å². The Balaban J connectivity index is 2.09. The molecule has 1 saturated carbocycles. The summed E-state index contributed by atoms with van der Waals surface area (Å²) in [5.41, 5.74) is 0. The standard InChI is InChI=1S/C13H23N3O2S/c1-2-13(9-14)19(17,18)16(12-3-4-12)10-11-5-7-15-8-6-11/h11-13,15H,2-8,10H2,1H3. The fourth-order valence-electron chi connectivity index (χ4n) is 2.67. The van der Waals surface area contributed by atoms with Crippen LogP contribution in [0.3, 0.4) is 0 Å². The van der Waals surface area contributed by atoms with Gasteiger partial charge in [-0.3, -0.25) is 0 Å². The first-order valence-electron chi connectivity index (χ1n) is 7.20. The van der Waals surface area contributed by atoms with Crippen LogP contribution < -0.4 is 5.32 Å². The third-order valence-corrected chi connectivity index (χ3v) is 6.31. The fourth-order valence-corrected chi connectivity index (χ4v) is 4.60. The lowest BCUT2D eigenvalue weighted by Gasteiger charge is -2.30. The van der Waals surface area contributed by atoms with Crippen LogP contribution in [-0.2, 0) is 10.0 Å². The van der Waals surface area contributed by atoms with Crippen molar-refractivity contribution in [2.45, 2.75) is 50.3 Å². The molecule has 1 saturated heterocycles. The van der Waals surface area contributed by atoms with Crippen LogP contribution in [0.2, 0.25) is 0 Å². The van der Waals surface area contributed by atoms with Crippen molar-refractivity contribution in [3.8, 4) is 6.07 Å². The number of hydrogen-bond donors (Lipinski definition) is 1. The van der Waals surface area contributed by atoms with E-state index in [4.69, 9.17) is 5.26 Å². The van der Waals surface area contributed by atoms with Crippen LogP contribution in [-0.4, -0.2) is 43.6 Å². The lowest BCUT2D eigenvalue weighted by atomic mass is 9.98. The highest BCUT2D eigenvalue weighted by molar-refractivity contribution is 7.90. The summed E-state index contributed by atoms with van der Waals surface area (Å²) >= 11 is 0. The first kappa shape index (κ1) is 14.8. The second-order valence-corrected chi connectivity index (χ2v) is 7.63. The Bertz CT molecular complexity index is 433. The van der Waals surface area contributed by atoms with E-state index >= 15 is 0 Å². The van der Waals surface area contributed by atoms with Crippen molar-refractivity contribution in [2.24, 2.45) is 5.92 Å². The maximum Gasteiger partial charge on any atom is 0.230 e. The number of nitrogens with zero attached hydrogens (tertiary/aromatic N) is 2. The van der Waals surface area contributed by atoms with Gasteiger partial charge in [0, 0.05) is 12.6 Å². The summed E-state index contributed by atoms with van der Waals surface area (Å²) in [7, 11) is -3.45. The Labute approximate surface area is 116 Å². The molecular weight excluding hydrogens is 262 g/mol. The highest BCUT2D eigenvalue weighted by Gasteiger charge is 2.41. The van der Waals surface area contributed by atoms with Gasteiger partial charge in [-0.1, -0.05) is 6.92 Å². The number of piperidine rings is 1. The zero-order chi connectivity index (χ0) is 13.9. The smallest absolute Gasteiger partial charge is 0.230 e. The second-order valence-electron chi connectivity index (χ2n) is 5.57. The molecule has 1 aliphatic carbocycles. The fraction of sp³-hybridized carbons (Fsp3) is 0.923. The largest absolute Gasteiger partial charge is 0.317 e. The van der Waals surface area contributed by atoms with E-state index in [1.54, 1.807) is 11.2 Å². The minimum absolute atomic E-state index is 0.155. The lowest BCUT2D eigenvalue weighted by Crippen LogP contribution is -2.44. The van der Waals surface area contributed by atoms with Gasteiger partial charge in [-0.25, -0.2) is 8.42 Å². The Morgan fingerprint density at radius 2 is 1.95 bits per heavy atom. The summed E-state index contributed by atoms with van der Waals surface area (Å²) in [5.74, 6) is 0.438. The number of nitrogens with one attached hydrogen (secondary N) is 1. The van der Waals surface area contributed by atoms with Gasteiger partial charge in [-0.15, -0.1) is 0 Å². The molecule has 19 heavy (non-hydrogen) atoms. The third kappa shape index (κ3) is 3.47. The monoisotopic (exact) mass is 285 g/mol. The Hall–Kier alpha value is -0.640. The van der Waals surface area contributed by atoms with Crippen molar-refractivity contribution in [2.75, 3.05) is 19.6 Å². The molecule has 0 spiro atoms. The van der Waals surface area contributed by atoms with Crippen LogP contribution in [0.4, 0.5) is 0 Å². The van der Waals surface area contributed by atoms with Gasteiger partial charge in [0.05, 0.1) is 6.07 Å². The normalized spacial score (nSPS) is 23.2. The summed E-state index contributed by atoms with van der Waals surface area (Å²) in [6.45, 7) is 4.31. The molecule has 1 heterocycles. The van der Waals surface area contributed by atoms with E-state index in [1.807, 2.05) is 6.07 Å². The molecule has 6 heteroatoms. The summed E-state index contributed by atoms with van der Waals surface area (Å²) in [6.07, 6.45) is 4.33. The van der Waals surface area contributed by atoms with E-state index in [1.165, 1.54) is 0 Å². The molecule has 2 aliphatic rings. The molecule has 108 valence electrons. The zero-order valence-corrected chi connectivity index (χ0v) is 12.3. The van der Waals surface area contributed by atoms with E-state index in [9.17, 15) is 8.42 Å². The van der Waals surface area contributed by atoms with Gasteiger partial charge in [0.25, 0.3) is 0 Å². The van der Waals surface area contributed by atoms with E-state index < -0.39 is 15.3 Å². The summed E-state index contributed by atoms with van der Waals surface area (Å²) in [6, 6.07) is 2.11. The molecule has 2 rings (SSSR count). The molecule has 0 aromatic rings. The molecule has 1 atom stereocenters. The van der Waals surface area contributed by atoms with E-state index in [0.717, 1.165) is 38.8 Å². The number of sulfonamides is 1. The second kappa shape index (κ2) is 6.21. The molecular formula is C13H23N3O2S. The molecule has 1 aliphatic heterocycles. The third-order valence-electron chi connectivity index (χ3n) is 4.05. The van der Waals surface area contributed by atoms with Gasteiger partial charge in [0.1, 0.15) is 0 Å². The highest BCUT2D eigenvalue weighted by atomic mass is 32.2. The molecule has 1 unspecified atom stereocenters. The molecule has 2 fully saturated rings. The number of rotatable bonds is 6. The Kier molecular flexibility index (Phi) is 4.82. The topological polar surface area (TPSA) is 73.2 Å². The molecule has 0 bridgehead atoms. The molecule has 0 aromatic carbocycles. The minimum atomic E-state index is -3.45. The van der Waals surface area contributed by atoms with Crippen molar-refractivity contribution < 1.29 is 8.42 Å². The van der Waals surface area contributed by atoms with Crippen molar-refractivity contribution in [3.63, 3.8) is 0 Å². The SMILES string of the molecule is CCC(C#N)S(=O)(=O)N(CC1CCNCC1)C1CC1. The van der Waals surface area contributed by atoms with Gasteiger partial charge in [-0.05, 0) is 51.1 Å². The molecule has 0 aromatic heterocycles. The van der Waals surface area contributed by atoms with Crippen LogP contribution in [0.1, 0.15) is 39.0 Å². The zero-order valence-electron chi connectivity index (χ0n) is 11.5. The van der Waals surface area contributed by atoms with Crippen LogP contribution >= 0.6 is 0 Å². The molecule has 0 amide bonds. The minimum Gasteiger partial charge on any atom is -0.317 e. The van der Waals surface area contributed by atoms with Gasteiger partial charge >= 0.3 is 0 Å². The quantitative estimate of drug-likeness (QED) is 0.792. The molecule has 5 nitrogen and oxygen atoms in total. The lowest BCUT2D eigenvalue weighted by molar-refractivity contribution is 0.282. The van der Waals surface area contributed by atoms with E-state index in [0.29, 0.717) is 18.9 Å². The van der Waals surface area contributed by atoms with Crippen LogP contribution in [0.5, 0.6) is 0 Å². The number of hydrogen-bond acceptors (Lipinski definition) is 4. The highest BCUT2D eigenvalue weighted by Crippen LogP contribution is 2.33. The van der Waals surface area contributed by atoms with Gasteiger partial charge < -0.3 is 5.32 Å². The predicted octanol–water partition coefficient (Wildman–Crippen LogP) is 1.08. The van der Waals surface area contributed by atoms with Gasteiger partial charge in [0.2, 0.25) is 10.0 Å². The van der Waals surface area contributed by atoms with E-state index in [2.05, 4.69) is 5.32 Å². The molecule has 0 radical (unpaired) electrons.